The van der Waals surface area contributed by atoms with E-state index in [4.69, 9.17) is 4.98 Å². The minimum atomic E-state index is 0.713. The maximum absolute atomic E-state index is 4.74. The van der Waals surface area contributed by atoms with Gasteiger partial charge in [-0.25, -0.2) is 0 Å². The molecule has 1 aromatic rings. The summed E-state index contributed by atoms with van der Waals surface area (Å²) < 4.78 is 0. The van der Waals surface area contributed by atoms with Crippen molar-refractivity contribution in [3.8, 4) is 0 Å². The topological polar surface area (TPSA) is 12.9 Å². The van der Waals surface area contributed by atoms with Gasteiger partial charge in [-0.1, -0.05) is 38.3 Å². The zero-order valence-electron chi connectivity index (χ0n) is 13.7. The van der Waals surface area contributed by atoms with E-state index in [1.165, 1.54) is 62.6 Å². The Hall–Kier alpha value is -1.11. The number of unbranched alkanes of at least 4 members (excludes halogenated alkanes) is 2. The molecule has 0 bridgehead atoms. The Kier molecular flexibility index (Phi) is 6.99. The van der Waals surface area contributed by atoms with Gasteiger partial charge in [-0.15, -0.1) is 6.58 Å². The van der Waals surface area contributed by atoms with Crippen molar-refractivity contribution in [3.63, 3.8) is 0 Å². The number of nitrogens with zero attached hydrogens (tertiary/aromatic N) is 1. The fraction of sp³-hybridized carbons (Fsp3) is 0.650. The Balaban J connectivity index is 1.79. The smallest absolute Gasteiger partial charge is 0.0434 e. The van der Waals surface area contributed by atoms with E-state index in [0.717, 1.165) is 18.8 Å². The van der Waals surface area contributed by atoms with Gasteiger partial charge in [0.15, 0.2) is 0 Å². The van der Waals surface area contributed by atoms with Crippen LogP contribution >= 0.6 is 0 Å². The van der Waals surface area contributed by atoms with Crippen LogP contribution in [0, 0.1) is 5.92 Å². The molecular formula is C20H31N. The highest BCUT2D eigenvalue weighted by atomic mass is 14.7. The van der Waals surface area contributed by atoms with Crippen molar-refractivity contribution in [2.45, 2.75) is 77.0 Å². The van der Waals surface area contributed by atoms with Crippen molar-refractivity contribution >= 4 is 0 Å². The number of rotatable bonds is 8. The van der Waals surface area contributed by atoms with Crippen molar-refractivity contribution in [3.05, 3.63) is 42.2 Å². The lowest BCUT2D eigenvalue weighted by Gasteiger charge is -2.28. The molecule has 0 spiro atoms. The van der Waals surface area contributed by atoms with Crippen LogP contribution in [-0.2, 0) is 6.42 Å². The molecule has 116 valence electrons. The van der Waals surface area contributed by atoms with E-state index in [9.17, 15) is 0 Å². The molecule has 0 radical (unpaired) electrons. The highest BCUT2D eigenvalue weighted by Gasteiger charge is 2.22. The maximum atomic E-state index is 4.74. The van der Waals surface area contributed by atoms with Crippen molar-refractivity contribution in [2.24, 2.45) is 5.92 Å². The highest BCUT2D eigenvalue weighted by molar-refractivity contribution is 5.17. The number of aromatic nitrogens is 1. The van der Waals surface area contributed by atoms with Crippen molar-refractivity contribution in [2.75, 3.05) is 0 Å². The lowest BCUT2D eigenvalue weighted by Crippen LogP contribution is -2.14. The summed E-state index contributed by atoms with van der Waals surface area (Å²) in [6.45, 7) is 6.07. The minimum Gasteiger partial charge on any atom is -0.261 e. The van der Waals surface area contributed by atoms with Crippen LogP contribution in [0.25, 0.3) is 0 Å². The third kappa shape index (κ3) is 5.30. The summed E-state index contributed by atoms with van der Waals surface area (Å²) in [4.78, 5) is 4.74. The Bertz CT molecular complexity index is 398. The Morgan fingerprint density at radius 3 is 2.62 bits per heavy atom. The molecule has 0 aromatic carbocycles. The van der Waals surface area contributed by atoms with Gasteiger partial charge in [0, 0.05) is 17.8 Å². The van der Waals surface area contributed by atoms with Crippen molar-refractivity contribution in [1.82, 2.24) is 4.98 Å². The van der Waals surface area contributed by atoms with E-state index in [2.05, 4.69) is 31.8 Å². The van der Waals surface area contributed by atoms with E-state index >= 15 is 0 Å². The first kappa shape index (κ1) is 16.3. The summed E-state index contributed by atoms with van der Waals surface area (Å²) in [6.07, 6.45) is 17.2. The summed E-state index contributed by atoms with van der Waals surface area (Å²) in [6, 6.07) is 4.56. The van der Waals surface area contributed by atoms with Crippen LogP contribution in [0.3, 0.4) is 0 Å². The minimum absolute atomic E-state index is 0.713. The van der Waals surface area contributed by atoms with E-state index in [0.29, 0.717) is 5.92 Å². The predicted octanol–water partition coefficient (Wildman–Crippen LogP) is 6.05. The molecule has 1 aliphatic rings. The van der Waals surface area contributed by atoms with Gasteiger partial charge in [-0.3, -0.25) is 4.98 Å². The van der Waals surface area contributed by atoms with Gasteiger partial charge < -0.3 is 0 Å². The molecule has 1 heterocycles. The molecule has 1 heteroatoms. The molecule has 1 aromatic heterocycles. The largest absolute Gasteiger partial charge is 0.261 e. The van der Waals surface area contributed by atoms with Gasteiger partial charge in [0.1, 0.15) is 0 Å². The monoisotopic (exact) mass is 285 g/mol. The molecular weight excluding hydrogens is 254 g/mol. The van der Waals surface area contributed by atoms with Crippen LogP contribution in [0.15, 0.2) is 31.0 Å². The Morgan fingerprint density at radius 1 is 1.19 bits per heavy atom. The first-order valence-electron chi connectivity index (χ1n) is 8.89. The van der Waals surface area contributed by atoms with Crippen LogP contribution in [0.2, 0.25) is 0 Å². The molecule has 2 rings (SSSR count). The first-order chi connectivity index (χ1) is 10.3. The summed E-state index contributed by atoms with van der Waals surface area (Å²) >= 11 is 0. The first-order valence-corrected chi connectivity index (χ1v) is 8.89. The van der Waals surface area contributed by atoms with E-state index in [-0.39, 0.29) is 0 Å². The second-order valence-electron chi connectivity index (χ2n) is 6.63. The number of allylic oxidation sites excluding steroid dienone is 1. The normalized spacial score (nSPS) is 22.1. The van der Waals surface area contributed by atoms with Crippen molar-refractivity contribution in [1.29, 1.82) is 0 Å². The molecule has 0 aliphatic heterocycles. The van der Waals surface area contributed by atoms with Gasteiger partial charge in [-0.05, 0) is 62.5 Å². The van der Waals surface area contributed by atoms with Crippen LogP contribution in [0.5, 0.6) is 0 Å². The average Bonchev–Trinajstić information content (AvgIpc) is 2.54. The zero-order chi connectivity index (χ0) is 14.9. The fourth-order valence-corrected chi connectivity index (χ4v) is 3.52. The standard InChI is InChI=1S/C20H31N/c1-3-5-7-9-18-12-15-20(21-16-18)19-13-10-17(11-14-19)8-6-4-2/h3,12,15-17,19H,1,4-11,13-14H2,2H3/t17-,19-. The number of hydrogen-bond donors (Lipinski definition) is 0. The van der Waals surface area contributed by atoms with Crippen LogP contribution in [0.4, 0.5) is 0 Å². The molecule has 1 aliphatic carbocycles. The van der Waals surface area contributed by atoms with E-state index < -0.39 is 0 Å². The Labute approximate surface area is 130 Å². The molecule has 0 amide bonds. The van der Waals surface area contributed by atoms with Gasteiger partial charge in [0.05, 0.1) is 0 Å². The maximum Gasteiger partial charge on any atom is 0.0434 e. The quantitative estimate of drug-likeness (QED) is 0.418. The van der Waals surface area contributed by atoms with E-state index in [1.807, 2.05) is 6.08 Å². The van der Waals surface area contributed by atoms with Crippen LogP contribution in [-0.4, -0.2) is 4.98 Å². The van der Waals surface area contributed by atoms with Gasteiger partial charge in [0.2, 0.25) is 0 Å². The summed E-state index contributed by atoms with van der Waals surface area (Å²) in [5.74, 6) is 1.70. The van der Waals surface area contributed by atoms with E-state index in [1.54, 1.807) is 0 Å². The third-order valence-corrected chi connectivity index (χ3v) is 4.95. The lowest BCUT2D eigenvalue weighted by atomic mass is 9.78. The highest BCUT2D eigenvalue weighted by Crippen LogP contribution is 2.36. The number of hydrogen-bond acceptors (Lipinski definition) is 1. The molecule has 0 unspecified atom stereocenters. The van der Waals surface area contributed by atoms with Gasteiger partial charge in [0.25, 0.3) is 0 Å². The molecule has 21 heavy (non-hydrogen) atoms. The summed E-state index contributed by atoms with van der Waals surface area (Å²) in [5, 5.41) is 0. The molecule has 1 saturated carbocycles. The molecule has 1 fully saturated rings. The molecule has 0 N–H and O–H groups in total. The molecule has 0 atom stereocenters. The van der Waals surface area contributed by atoms with Gasteiger partial charge >= 0.3 is 0 Å². The average molecular weight is 285 g/mol. The number of pyridine rings is 1. The second kappa shape index (κ2) is 9.02. The second-order valence-corrected chi connectivity index (χ2v) is 6.63. The Morgan fingerprint density at radius 2 is 2.00 bits per heavy atom. The molecule has 1 nitrogen and oxygen atoms in total. The predicted molar refractivity (Wildman–Crippen MR) is 91.6 cm³/mol. The summed E-state index contributed by atoms with van der Waals surface area (Å²) in [5.41, 5.74) is 2.70. The molecule has 0 saturated heterocycles. The fourth-order valence-electron chi connectivity index (χ4n) is 3.52. The third-order valence-electron chi connectivity index (χ3n) is 4.95. The van der Waals surface area contributed by atoms with Crippen LogP contribution < -0.4 is 0 Å². The number of aryl methyl sites for hydroxylation is 1. The van der Waals surface area contributed by atoms with Crippen molar-refractivity contribution < 1.29 is 0 Å². The lowest BCUT2D eigenvalue weighted by molar-refractivity contribution is 0.301. The van der Waals surface area contributed by atoms with Gasteiger partial charge in [-0.2, -0.15) is 0 Å². The van der Waals surface area contributed by atoms with Crippen LogP contribution in [0.1, 0.15) is 81.9 Å². The zero-order valence-corrected chi connectivity index (χ0v) is 13.7. The SMILES string of the molecule is C=CCCCc1ccc([C@H]2CC[C@H](CCCC)CC2)nc1. The summed E-state index contributed by atoms with van der Waals surface area (Å²) in [7, 11) is 0.